The third kappa shape index (κ3) is 12.5. The Labute approximate surface area is 145 Å². The predicted octanol–water partition coefficient (Wildman–Crippen LogP) is 6.74. The van der Waals surface area contributed by atoms with Gasteiger partial charge in [-0.1, -0.05) is 0 Å². The first-order chi connectivity index (χ1) is 9.99. The van der Waals surface area contributed by atoms with E-state index in [1.54, 1.807) is 0 Å². The molecular weight excluding hydrogens is 386 g/mol. The van der Waals surface area contributed by atoms with Crippen LogP contribution in [0.4, 0.5) is 0 Å². The van der Waals surface area contributed by atoms with Crippen LogP contribution in [0, 0.1) is 11.8 Å². The summed E-state index contributed by atoms with van der Waals surface area (Å²) in [6.07, 6.45) is 9.54. The van der Waals surface area contributed by atoms with Crippen molar-refractivity contribution in [1.29, 1.82) is 0 Å². The van der Waals surface area contributed by atoms with Crippen LogP contribution in [0.3, 0.4) is 0 Å². The molecule has 0 saturated carbocycles. The van der Waals surface area contributed by atoms with E-state index in [2.05, 4.69) is 27.7 Å². The molecule has 21 heavy (non-hydrogen) atoms. The first kappa shape index (κ1) is 22.4. The van der Waals surface area contributed by atoms with Crippen LogP contribution >= 0.6 is 17.0 Å². The summed E-state index contributed by atoms with van der Waals surface area (Å²) >= 11 is -3.76. The average Bonchev–Trinajstić information content (AvgIpc) is 2.47. The molecule has 0 aliphatic rings. The first-order valence-corrected chi connectivity index (χ1v) is 17.0. The molecule has 0 aliphatic heterocycles. The summed E-state index contributed by atoms with van der Waals surface area (Å²) in [5.41, 5.74) is 0. The van der Waals surface area contributed by atoms with Gasteiger partial charge in [0.25, 0.3) is 0 Å². The molecule has 0 aliphatic carbocycles. The number of hydrogen-bond donors (Lipinski definition) is 0. The van der Waals surface area contributed by atoms with Gasteiger partial charge in [0.2, 0.25) is 0 Å². The summed E-state index contributed by atoms with van der Waals surface area (Å²) in [5, 5.41) is 0. The second-order valence-corrected chi connectivity index (χ2v) is 16.6. The van der Waals surface area contributed by atoms with Gasteiger partial charge < -0.3 is 0 Å². The Morgan fingerprint density at radius 3 is 1.43 bits per heavy atom. The monoisotopic (exact) mass is 418 g/mol. The van der Waals surface area contributed by atoms with E-state index in [9.17, 15) is 0 Å². The van der Waals surface area contributed by atoms with Crippen LogP contribution in [0.5, 0.6) is 0 Å². The van der Waals surface area contributed by atoms with Crippen molar-refractivity contribution in [3.63, 3.8) is 0 Å². The van der Waals surface area contributed by atoms with Gasteiger partial charge >= 0.3 is 146 Å². The topological polar surface area (TPSA) is 18.5 Å². The van der Waals surface area contributed by atoms with E-state index < -0.39 is 18.8 Å². The van der Waals surface area contributed by atoms with Crippen LogP contribution < -0.4 is 0 Å². The second kappa shape index (κ2) is 13.8. The van der Waals surface area contributed by atoms with Crippen molar-refractivity contribution in [3.05, 3.63) is 0 Å². The van der Waals surface area contributed by atoms with Crippen molar-refractivity contribution in [2.75, 3.05) is 13.2 Å². The summed E-state index contributed by atoms with van der Waals surface area (Å²) < 4.78 is 11.6. The Hall–Kier alpha value is 1.38. The van der Waals surface area contributed by atoms with Crippen LogP contribution in [-0.2, 0) is 24.4 Å². The van der Waals surface area contributed by atoms with Crippen LogP contribution in [0.25, 0.3) is 0 Å². The molecule has 0 aromatic carbocycles. The molecule has 0 fully saturated rings. The first-order valence-electron chi connectivity index (χ1n) is 8.64. The van der Waals surface area contributed by atoms with Crippen molar-refractivity contribution in [1.82, 2.24) is 0 Å². The minimum atomic E-state index is -3.76. The zero-order valence-electron chi connectivity index (χ0n) is 14.3. The summed E-state index contributed by atoms with van der Waals surface area (Å²) in [4.78, 5) is 0. The molecule has 0 aromatic heterocycles. The van der Waals surface area contributed by atoms with Crippen molar-refractivity contribution < 1.29 is 24.4 Å². The molecule has 0 rings (SSSR count). The fraction of sp³-hybridized carbons (Fsp3) is 1.00. The number of hydrogen-bond acceptors (Lipinski definition) is 2. The van der Waals surface area contributed by atoms with Gasteiger partial charge in [0, 0.05) is 0 Å². The summed E-state index contributed by atoms with van der Waals surface area (Å²) in [6.45, 7) is 10.1. The molecule has 0 aromatic rings. The Morgan fingerprint density at radius 2 is 1.14 bits per heavy atom. The van der Waals surface area contributed by atoms with E-state index in [0.29, 0.717) is 25.0 Å². The van der Waals surface area contributed by atoms with E-state index in [0.717, 1.165) is 12.8 Å². The van der Waals surface area contributed by atoms with Crippen LogP contribution in [0.2, 0.25) is 0 Å². The fourth-order valence-electron chi connectivity index (χ4n) is 2.27. The van der Waals surface area contributed by atoms with E-state index in [1.165, 1.54) is 38.5 Å². The van der Waals surface area contributed by atoms with Gasteiger partial charge in [-0.05, 0) is 0 Å². The fourth-order valence-corrected chi connectivity index (χ4v) is 6.08. The van der Waals surface area contributed by atoms with Gasteiger partial charge in [-0.15, -0.1) is 0 Å². The third-order valence-corrected chi connectivity index (χ3v) is 9.11. The molecule has 0 radical (unpaired) electrons. The van der Waals surface area contributed by atoms with Gasteiger partial charge in [-0.3, -0.25) is 0 Å². The SMILES string of the molecule is CCCCC(CC)C[O][Zr]([Cl])([Cl])[O]CC(CC)CCCC. The predicted molar refractivity (Wildman–Crippen MR) is 90.2 cm³/mol. The number of rotatable bonds is 14. The van der Waals surface area contributed by atoms with E-state index in [4.69, 9.17) is 22.7 Å². The van der Waals surface area contributed by atoms with Crippen LogP contribution in [-0.4, -0.2) is 13.2 Å². The van der Waals surface area contributed by atoms with Crippen molar-refractivity contribution in [2.24, 2.45) is 11.8 Å². The Morgan fingerprint density at radius 1 is 0.762 bits per heavy atom. The van der Waals surface area contributed by atoms with Crippen LogP contribution in [0.15, 0.2) is 0 Å². The van der Waals surface area contributed by atoms with Gasteiger partial charge in [0.1, 0.15) is 0 Å². The molecule has 0 N–H and O–H groups in total. The molecule has 5 heteroatoms. The summed E-state index contributed by atoms with van der Waals surface area (Å²) in [5.74, 6) is 1.12. The zero-order chi connectivity index (χ0) is 16.1. The van der Waals surface area contributed by atoms with E-state index in [-0.39, 0.29) is 0 Å². The Kier molecular flexibility index (Phi) is 14.7. The molecular formula is C16H34Cl2O2Zr. The molecule has 0 spiro atoms. The summed E-state index contributed by atoms with van der Waals surface area (Å²) in [6, 6.07) is 0. The zero-order valence-corrected chi connectivity index (χ0v) is 18.3. The molecule has 2 unspecified atom stereocenters. The molecule has 2 nitrogen and oxygen atoms in total. The third-order valence-electron chi connectivity index (χ3n) is 4.06. The molecule has 0 amide bonds. The molecule has 2 atom stereocenters. The Bertz CT molecular complexity index is 218. The number of unbranched alkanes of at least 4 members (excludes halogenated alkanes) is 2. The van der Waals surface area contributed by atoms with Gasteiger partial charge in [0.15, 0.2) is 0 Å². The molecule has 0 saturated heterocycles. The van der Waals surface area contributed by atoms with E-state index in [1.807, 2.05) is 0 Å². The standard InChI is InChI=1S/2C8H17O.2ClH.Zr/c2*1-3-5-6-8(4-2)7-9;;;/h2*8H,3-7H2,1-2H3;2*1H;/q2*-1;;;+4/p-2. The van der Waals surface area contributed by atoms with Crippen molar-refractivity contribution in [3.8, 4) is 0 Å². The van der Waals surface area contributed by atoms with Gasteiger partial charge in [-0.25, -0.2) is 0 Å². The summed E-state index contributed by atoms with van der Waals surface area (Å²) in [7, 11) is 12.7. The van der Waals surface area contributed by atoms with E-state index >= 15 is 0 Å². The molecule has 0 heterocycles. The minimum absolute atomic E-state index is 0.559. The maximum atomic E-state index is 6.34. The van der Waals surface area contributed by atoms with Crippen LogP contribution in [0.1, 0.15) is 79.1 Å². The molecule has 0 bridgehead atoms. The normalized spacial score (nSPS) is 15.1. The maximum absolute atomic E-state index is 6.34. The number of halogens is 2. The van der Waals surface area contributed by atoms with Gasteiger partial charge in [0.05, 0.1) is 0 Å². The van der Waals surface area contributed by atoms with Crippen molar-refractivity contribution >= 4 is 17.0 Å². The molecule has 128 valence electrons. The Balaban J connectivity index is 4.04. The van der Waals surface area contributed by atoms with Gasteiger partial charge in [-0.2, -0.15) is 0 Å². The second-order valence-electron chi connectivity index (χ2n) is 5.92. The van der Waals surface area contributed by atoms with Crippen molar-refractivity contribution in [2.45, 2.75) is 79.1 Å². The average molecular weight is 421 g/mol. The quantitative estimate of drug-likeness (QED) is 0.310.